The van der Waals surface area contributed by atoms with Crippen molar-refractivity contribution < 1.29 is 21.6 Å². The zero-order valence-corrected chi connectivity index (χ0v) is 18.2. The van der Waals surface area contributed by atoms with Gasteiger partial charge in [-0.05, 0) is 48.4 Å². The van der Waals surface area contributed by atoms with Crippen molar-refractivity contribution in [2.75, 3.05) is 13.7 Å². The third-order valence-electron chi connectivity index (χ3n) is 4.57. The molecule has 158 valence electrons. The van der Waals surface area contributed by atoms with E-state index in [-0.39, 0.29) is 22.1 Å². The third-order valence-corrected chi connectivity index (χ3v) is 8.13. The van der Waals surface area contributed by atoms with Gasteiger partial charge in [-0.25, -0.2) is 21.6 Å². The van der Waals surface area contributed by atoms with Gasteiger partial charge in [0.2, 0.25) is 10.0 Å². The zero-order chi connectivity index (χ0) is 21.8. The minimum Gasteiger partial charge on any atom is -0.495 e. The van der Waals surface area contributed by atoms with Gasteiger partial charge < -0.3 is 4.74 Å². The molecule has 0 aliphatic carbocycles. The first-order chi connectivity index (χ1) is 14.3. The largest absolute Gasteiger partial charge is 0.495 e. The van der Waals surface area contributed by atoms with Gasteiger partial charge in [0, 0.05) is 18.9 Å². The van der Waals surface area contributed by atoms with Crippen molar-refractivity contribution in [3.8, 4) is 5.75 Å². The normalized spacial score (nSPS) is 13.0. The van der Waals surface area contributed by atoms with Crippen LogP contribution in [0.4, 0.5) is 0 Å². The van der Waals surface area contributed by atoms with Crippen LogP contribution in [0.2, 0.25) is 0 Å². The van der Waals surface area contributed by atoms with E-state index in [0.717, 1.165) is 5.56 Å². The Labute approximate surface area is 176 Å². The molecule has 0 aliphatic heterocycles. The summed E-state index contributed by atoms with van der Waals surface area (Å²) in [4.78, 5) is 4.05. The second-order valence-electron chi connectivity index (χ2n) is 6.64. The Morgan fingerprint density at radius 3 is 2.37 bits per heavy atom. The van der Waals surface area contributed by atoms with E-state index in [1.54, 1.807) is 49.4 Å². The first kappa shape index (κ1) is 21.9. The molecule has 0 saturated heterocycles. The van der Waals surface area contributed by atoms with E-state index < -0.39 is 25.1 Å². The maximum Gasteiger partial charge on any atom is 0.244 e. The number of sulfone groups is 1. The average molecular weight is 447 g/mol. The standard InChI is InChI=1S/C21H22N2O5S2/c1-16-10-11-19(28-2)20(13-16)30(26,27)23-15-21(17-7-6-12-22-14-17)29(24,25)18-8-4-3-5-9-18/h3-14,21,23H,15H2,1-2H3. The Morgan fingerprint density at radius 2 is 1.73 bits per heavy atom. The first-order valence-electron chi connectivity index (χ1n) is 9.09. The van der Waals surface area contributed by atoms with E-state index in [2.05, 4.69) is 9.71 Å². The monoisotopic (exact) mass is 446 g/mol. The number of sulfonamides is 1. The summed E-state index contributed by atoms with van der Waals surface area (Å²) in [5.74, 6) is 0.178. The van der Waals surface area contributed by atoms with Crippen molar-refractivity contribution in [3.05, 3.63) is 84.2 Å². The summed E-state index contributed by atoms with van der Waals surface area (Å²) in [5, 5.41) is -1.15. The molecule has 1 atom stereocenters. The Kier molecular flexibility index (Phi) is 6.55. The molecule has 2 aromatic carbocycles. The fraction of sp³-hybridized carbons (Fsp3) is 0.190. The number of aromatic nitrogens is 1. The van der Waals surface area contributed by atoms with E-state index >= 15 is 0 Å². The van der Waals surface area contributed by atoms with Gasteiger partial charge in [0.25, 0.3) is 0 Å². The van der Waals surface area contributed by atoms with Crippen molar-refractivity contribution in [3.63, 3.8) is 0 Å². The van der Waals surface area contributed by atoms with Gasteiger partial charge in [-0.3, -0.25) is 4.98 Å². The van der Waals surface area contributed by atoms with E-state index in [0.29, 0.717) is 5.56 Å². The molecule has 0 saturated carbocycles. The Morgan fingerprint density at radius 1 is 1.00 bits per heavy atom. The summed E-state index contributed by atoms with van der Waals surface area (Å²) in [5.41, 5.74) is 1.12. The fourth-order valence-electron chi connectivity index (χ4n) is 3.00. The third kappa shape index (κ3) is 4.69. The Bertz CT molecular complexity index is 1210. The van der Waals surface area contributed by atoms with Crippen molar-refractivity contribution in [2.24, 2.45) is 0 Å². The van der Waals surface area contributed by atoms with E-state index in [4.69, 9.17) is 4.74 Å². The number of hydrogen-bond acceptors (Lipinski definition) is 6. The van der Waals surface area contributed by atoms with Crippen LogP contribution in [0.3, 0.4) is 0 Å². The van der Waals surface area contributed by atoms with Crippen LogP contribution in [0.25, 0.3) is 0 Å². The van der Waals surface area contributed by atoms with Crippen LogP contribution in [0.15, 0.2) is 82.8 Å². The predicted molar refractivity (Wildman–Crippen MR) is 114 cm³/mol. The number of rotatable bonds is 8. The number of pyridine rings is 1. The smallest absolute Gasteiger partial charge is 0.244 e. The van der Waals surface area contributed by atoms with Crippen LogP contribution in [0.5, 0.6) is 5.75 Å². The van der Waals surface area contributed by atoms with Gasteiger partial charge in [-0.2, -0.15) is 0 Å². The topological polar surface area (TPSA) is 102 Å². The number of nitrogens with zero attached hydrogens (tertiary/aromatic N) is 1. The Hall–Kier alpha value is -2.75. The van der Waals surface area contributed by atoms with Gasteiger partial charge in [0.05, 0.1) is 12.0 Å². The molecule has 1 unspecified atom stereocenters. The molecule has 0 spiro atoms. The number of benzene rings is 2. The highest BCUT2D eigenvalue weighted by atomic mass is 32.2. The lowest BCUT2D eigenvalue weighted by molar-refractivity contribution is 0.402. The molecule has 3 aromatic rings. The number of methoxy groups -OCH3 is 1. The molecule has 1 aromatic heterocycles. The van der Waals surface area contributed by atoms with Crippen LogP contribution in [0.1, 0.15) is 16.4 Å². The second-order valence-corrected chi connectivity index (χ2v) is 10.5. The first-order valence-corrected chi connectivity index (χ1v) is 12.1. The van der Waals surface area contributed by atoms with E-state index in [1.165, 1.54) is 37.7 Å². The van der Waals surface area contributed by atoms with Crippen LogP contribution in [0, 0.1) is 6.92 Å². The second kappa shape index (κ2) is 8.95. The van der Waals surface area contributed by atoms with Gasteiger partial charge in [-0.15, -0.1) is 0 Å². The molecule has 0 fully saturated rings. The van der Waals surface area contributed by atoms with Crippen LogP contribution < -0.4 is 9.46 Å². The lowest BCUT2D eigenvalue weighted by Crippen LogP contribution is -2.32. The molecule has 1 N–H and O–H groups in total. The molecular formula is C21H22N2O5S2. The molecule has 7 nitrogen and oxygen atoms in total. The number of ether oxygens (including phenoxy) is 1. The van der Waals surface area contributed by atoms with Gasteiger partial charge in [0.1, 0.15) is 15.9 Å². The predicted octanol–water partition coefficient (Wildman–Crippen LogP) is 2.89. The highest BCUT2D eigenvalue weighted by Crippen LogP contribution is 2.29. The fourth-order valence-corrected chi connectivity index (χ4v) is 6.07. The maximum atomic E-state index is 13.3. The molecule has 30 heavy (non-hydrogen) atoms. The lowest BCUT2D eigenvalue weighted by atomic mass is 10.2. The summed E-state index contributed by atoms with van der Waals surface area (Å²) in [6.45, 7) is 1.40. The average Bonchev–Trinajstić information content (AvgIpc) is 2.75. The van der Waals surface area contributed by atoms with E-state index in [1.807, 2.05) is 0 Å². The van der Waals surface area contributed by atoms with Gasteiger partial charge in [0.15, 0.2) is 9.84 Å². The molecule has 3 rings (SSSR count). The van der Waals surface area contributed by atoms with Crippen LogP contribution >= 0.6 is 0 Å². The highest BCUT2D eigenvalue weighted by molar-refractivity contribution is 7.92. The quantitative estimate of drug-likeness (QED) is 0.571. The van der Waals surface area contributed by atoms with Crippen LogP contribution in [-0.2, 0) is 19.9 Å². The van der Waals surface area contributed by atoms with Crippen molar-refractivity contribution in [1.29, 1.82) is 0 Å². The molecule has 0 bridgehead atoms. The minimum absolute atomic E-state index is 0.0490. The van der Waals surface area contributed by atoms with E-state index in [9.17, 15) is 16.8 Å². The van der Waals surface area contributed by atoms with Crippen molar-refractivity contribution in [1.82, 2.24) is 9.71 Å². The molecule has 0 aliphatic rings. The summed E-state index contributed by atoms with van der Waals surface area (Å²) in [6.07, 6.45) is 2.95. The highest BCUT2D eigenvalue weighted by Gasteiger charge is 2.31. The zero-order valence-electron chi connectivity index (χ0n) is 16.5. The maximum absolute atomic E-state index is 13.3. The van der Waals surface area contributed by atoms with Crippen molar-refractivity contribution >= 4 is 19.9 Å². The number of hydrogen-bond donors (Lipinski definition) is 1. The summed E-state index contributed by atoms with van der Waals surface area (Å²) >= 11 is 0. The number of nitrogens with one attached hydrogen (secondary N) is 1. The Balaban J connectivity index is 1.98. The van der Waals surface area contributed by atoms with Crippen LogP contribution in [-0.4, -0.2) is 35.5 Å². The minimum atomic E-state index is -4.03. The molecule has 1 heterocycles. The molecule has 0 amide bonds. The molecule has 0 radical (unpaired) electrons. The van der Waals surface area contributed by atoms with Crippen molar-refractivity contribution in [2.45, 2.75) is 22.0 Å². The molecule has 9 heteroatoms. The summed E-state index contributed by atoms with van der Waals surface area (Å²) in [7, 11) is -6.53. The van der Waals surface area contributed by atoms with Gasteiger partial charge in [-0.1, -0.05) is 30.3 Å². The SMILES string of the molecule is COc1ccc(C)cc1S(=O)(=O)NCC(c1cccnc1)S(=O)(=O)c1ccccc1. The van der Waals surface area contributed by atoms with Gasteiger partial charge >= 0.3 is 0 Å². The molecular weight excluding hydrogens is 424 g/mol. The summed E-state index contributed by atoms with van der Waals surface area (Å²) in [6, 6.07) is 15.9. The lowest BCUT2D eigenvalue weighted by Gasteiger charge is -2.19. The number of aryl methyl sites for hydroxylation is 1. The summed E-state index contributed by atoms with van der Waals surface area (Å²) < 4.78 is 60.1.